The van der Waals surface area contributed by atoms with Gasteiger partial charge in [-0.3, -0.25) is 4.79 Å². The first-order valence-corrected chi connectivity index (χ1v) is 7.92. The monoisotopic (exact) mass is 312 g/mol. The van der Waals surface area contributed by atoms with Gasteiger partial charge in [-0.2, -0.15) is 0 Å². The van der Waals surface area contributed by atoms with E-state index in [0.717, 1.165) is 34.4 Å². The van der Waals surface area contributed by atoms with Crippen molar-refractivity contribution < 1.29 is 14.6 Å². The summed E-state index contributed by atoms with van der Waals surface area (Å²) < 4.78 is 5.42. The Balaban J connectivity index is 2.44. The van der Waals surface area contributed by atoms with Crippen LogP contribution in [-0.4, -0.2) is 18.2 Å². The van der Waals surface area contributed by atoms with Crippen molar-refractivity contribution in [3.8, 4) is 5.75 Å². The summed E-state index contributed by atoms with van der Waals surface area (Å²) in [7, 11) is 1.62. The SMILES string of the molecule is CCc1ccc(OC)c(CC(C(=O)O)c2cc(C)ccc2C)c1. The molecule has 2 aromatic rings. The molecule has 0 fully saturated rings. The highest BCUT2D eigenvalue weighted by molar-refractivity contribution is 5.77. The first-order valence-electron chi connectivity index (χ1n) is 7.92. The van der Waals surface area contributed by atoms with E-state index in [4.69, 9.17) is 4.74 Å². The number of carbonyl (C=O) groups is 1. The number of aliphatic carboxylic acids is 1. The van der Waals surface area contributed by atoms with Crippen molar-refractivity contribution in [2.45, 2.75) is 39.5 Å². The van der Waals surface area contributed by atoms with E-state index < -0.39 is 11.9 Å². The highest BCUT2D eigenvalue weighted by atomic mass is 16.5. The van der Waals surface area contributed by atoms with E-state index in [1.165, 1.54) is 5.56 Å². The number of benzene rings is 2. The van der Waals surface area contributed by atoms with Crippen molar-refractivity contribution in [3.05, 3.63) is 64.2 Å². The normalized spacial score (nSPS) is 12.0. The predicted octanol–water partition coefficient (Wildman–Crippen LogP) is 4.29. The number of hydrogen-bond acceptors (Lipinski definition) is 2. The lowest BCUT2D eigenvalue weighted by Gasteiger charge is -2.18. The Morgan fingerprint density at radius 1 is 1.17 bits per heavy atom. The number of rotatable bonds is 6. The summed E-state index contributed by atoms with van der Waals surface area (Å²) in [4.78, 5) is 11.9. The lowest BCUT2D eigenvalue weighted by Crippen LogP contribution is -2.16. The summed E-state index contributed by atoms with van der Waals surface area (Å²) in [6, 6.07) is 12.0. The Morgan fingerprint density at radius 2 is 1.91 bits per heavy atom. The molecular weight excluding hydrogens is 288 g/mol. The Labute approximate surface area is 137 Å². The molecule has 0 radical (unpaired) electrons. The average molecular weight is 312 g/mol. The third-order valence-corrected chi connectivity index (χ3v) is 4.29. The minimum Gasteiger partial charge on any atom is -0.496 e. The lowest BCUT2D eigenvalue weighted by molar-refractivity contribution is -0.138. The molecule has 0 saturated heterocycles. The van der Waals surface area contributed by atoms with Crippen LogP contribution in [0.5, 0.6) is 5.75 Å². The van der Waals surface area contributed by atoms with Gasteiger partial charge in [0.1, 0.15) is 5.75 Å². The van der Waals surface area contributed by atoms with Gasteiger partial charge in [-0.05, 0) is 55.0 Å². The Bertz CT molecular complexity index is 704. The Hall–Kier alpha value is -2.29. The summed E-state index contributed by atoms with van der Waals surface area (Å²) >= 11 is 0. The van der Waals surface area contributed by atoms with Crippen LogP contribution in [0.2, 0.25) is 0 Å². The molecule has 3 nitrogen and oxygen atoms in total. The first-order chi connectivity index (χ1) is 11.0. The fourth-order valence-electron chi connectivity index (χ4n) is 2.90. The van der Waals surface area contributed by atoms with Crippen LogP contribution in [0.1, 0.15) is 40.7 Å². The molecule has 0 bridgehead atoms. The van der Waals surface area contributed by atoms with Gasteiger partial charge < -0.3 is 9.84 Å². The minimum absolute atomic E-state index is 0.427. The average Bonchev–Trinajstić information content (AvgIpc) is 2.54. The smallest absolute Gasteiger partial charge is 0.311 e. The molecule has 0 heterocycles. The summed E-state index contributed by atoms with van der Waals surface area (Å²) in [6.07, 6.45) is 1.34. The topological polar surface area (TPSA) is 46.5 Å². The molecule has 23 heavy (non-hydrogen) atoms. The predicted molar refractivity (Wildman–Crippen MR) is 92.4 cm³/mol. The lowest BCUT2D eigenvalue weighted by atomic mass is 9.87. The van der Waals surface area contributed by atoms with Crippen molar-refractivity contribution in [1.82, 2.24) is 0 Å². The third kappa shape index (κ3) is 3.92. The summed E-state index contributed by atoms with van der Waals surface area (Å²) in [5, 5.41) is 9.75. The number of carboxylic acid groups (broad SMARTS) is 1. The molecule has 0 saturated carbocycles. The largest absolute Gasteiger partial charge is 0.496 e. The number of carboxylic acids is 1. The molecule has 1 N–H and O–H groups in total. The van der Waals surface area contributed by atoms with Crippen LogP contribution in [-0.2, 0) is 17.6 Å². The van der Waals surface area contributed by atoms with E-state index in [0.29, 0.717) is 6.42 Å². The number of hydrogen-bond donors (Lipinski definition) is 1. The molecule has 1 unspecified atom stereocenters. The quantitative estimate of drug-likeness (QED) is 0.865. The van der Waals surface area contributed by atoms with Crippen molar-refractivity contribution in [2.75, 3.05) is 7.11 Å². The van der Waals surface area contributed by atoms with Crippen molar-refractivity contribution >= 4 is 5.97 Å². The summed E-state index contributed by atoms with van der Waals surface area (Å²) in [6.45, 7) is 6.04. The van der Waals surface area contributed by atoms with E-state index >= 15 is 0 Å². The second-order valence-electron chi connectivity index (χ2n) is 5.95. The fourth-order valence-corrected chi connectivity index (χ4v) is 2.90. The van der Waals surface area contributed by atoms with Crippen LogP contribution in [0.25, 0.3) is 0 Å². The summed E-state index contributed by atoms with van der Waals surface area (Å²) in [5.41, 5.74) is 5.09. The maximum atomic E-state index is 11.9. The number of aryl methyl sites for hydroxylation is 3. The van der Waals surface area contributed by atoms with E-state index in [9.17, 15) is 9.90 Å². The van der Waals surface area contributed by atoms with E-state index in [1.807, 2.05) is 44.2 Å². The van der Waals surface area contributed by atoms with Gasteiger partial charge in [0.2, 0.25) is 0 Å². The molecular formula is C20H24O3. The van der Waals surface area contributed by atoms with Crippen LogP contribution in [0, 0.1) is 13.8 Å². The number of methoxy groups -OCH3 is 1. The molecule has 0 aliphatic heterocycles. The zero-order valence-corrected chi connectivity index (χ0v) is 14.2. The Kier molecular flexibility index (Phi) is 5.43. The van der Waals surface area contributed by atoms with Crippen molar-refractivity contribution in [2.24, 2.45) is 0 Å². The third-order valence-electron chi connectivity index (χ3n) is 4.29. The molecule has 2 aromatic carbocycles. The molecule has 2 rings (SSSR count). The van der Waals surface area contributed by atoms with Crippen LogP contribution in [0.15, 0.2) is 36.4 Å². The van der Waals surface area contributed by atoms with Gasteiger partial charge in [-0.15, -0.1) is 0 Å². The van der Waals surface area contributed by atoms with Gasteiger partial charge >= 0.3 is 5.97 Å². The number of ether oxygens (including phenoxy) is 1. The molecule has 122 valence electrons. The second-order valence-corrected chi connectivity index (χ2v) is 5.95. The van der Waals surface area contributed by atoms with Crippen LogP contribution in [0.4, 0.5) is 0 Å². The maximum Gasteiger partial charge on any atom is 0.311 e. The van der Waals surface area contributed by atoms with Gasteiger partial charge in [0, 0.05) is 0 Å². The van der Waals surface area contributed by atoms with Gasteiger partial charge in [0.05, 0.1) is 13.0 Å². The van der Waals surface area contributed by atoms with Gasteiger partial charge in [0.25, 0.3) is 0 Å². The Morgan fingerprint density at radius 3 is 2.52 bits per heavy atom. The van der Waals surface area contributed by atoms with Gasteiger partial charge in [-0.25, -0.2) is 0 Å². The standard InChI is InChI=1S/C20H24O3/c1-5-15-8-9-19(23-4)16(11-15)12-18(20(21)22)17-10-13(2)6-7-14(17)3/h6-11,18H,5,12H2,1-4H3,(H,21,22). The summed E-state index contributed by atoms with van der Waals surface area (Å²) in [5.74, 6) is -0.627. The van der Waals surface area contributed by atoms with Crippen LogP contribution < -0.4 is 4.74 Å². The molecule has 0 aromatic heterocycles. The fraction of sp³-hybridized carbons (Fsp3) is 0.350. The highest BCUT2D eigenvalue weighted by Gasteiger charge is 2.24. The zero-order valence-electron chi connectivity index (χ0n) is 14.2. The molecule has 0 aliphatic rings. The van der Waals surface area contributed by atoms with Gasteiger partial charge in [0.15, 0.2) is 0 Å². The molecule has 0 amide bonds. The van der Waals surface area contributed by atoms with E-state index in [2.05, 4.69) is 13.0 Å². The molecule has 3 heteroatoms. The van der Waals surface area contributed by atoms with E-state index in [-0.39, 0.29) is 0 Å². The van der Waals surface area contributed by atoms with Crippen LogP contribution in [0.3, 0.4) is 0 Å². The van der Waals surface area contributed by atoms with Crippen molar-refractivity contribution in [1.29, 1.82) is 0 Å². The van der Waals surface area contributed by atoms with Gasteiger partial charge in [-0.1, -0.05) is 42.8 Å². The molecule has 0 spiro atoms. The molecule has 0 aliphatic carbocycles. The van der Waals surface area contributed by atoms with Crippen molar-refractivity contribution in [3.63, 3.8) is 0 Å². The molecule has 1 atom stereocenters. The van der Waals surface area contributed by atoms with E-state index in [1.54, 1.807) is 7.11 Å². The minimum atomic E-state index is -0.803. The second kappa shape index (κ2) is 7.32. The maximum absolute atomic E-state index is 11.9. The van der Waals surface area contributed by atoms with Crippen LogP contribution >= 0.6 is 0 Å². The zero-order chi connectivity index (χ0) is 17.0. The highest BCUT2D eigenvalue weighted by Crippen LogP contribution is 2.30. The first kappa shape index (κ1) is 17.1.